The number of hydrogen-bond acceptors (Lipinski definition) is 5. The number of rotatable bonds is 5. The van der Waals surface area contributed by atoms with Gasteiger partial charge >= 0.3 is 0 Å². The zero-order valence-corrected chi connectivity index (χ0v) is 14.5. The fourth-order valence-corrected chi connectivity index (χ4v) is 3.54. The Morgan fingerprint density at radius 3 is 2.56 bits per heavy atom. The summed E-state index contributed by atoms with van der Waals surface area (Å²) in [6.07, 6.45) is 6.57. The van der Waals surface area contributed by atoms with Crippen LogP contribution in [0.25, 0.3) is 0 Å². The molecule has 1 fully saturated rings. The van der Waals surface area contributed by atoms with E-state index >= 15 is 0 Å². The first-order chi connectivity index (χ1) is 12.1. The normalized spacial score (nSPS) is 16.2. The Kier molecular flexibility index (Phi) is 5.16. The van der Waals surface area contributed by atoms with Crippen molar-refractivity contribution in [3.8, 4) is 5.75 Å². The fraction of sp³-hybridized carbons (Fsp3) is 0.421. The predicted molar refractivity (Wildman–Crippen MR) is 96.0 cm³/mol. The van der Waals surface area contributed by atoms with Crippen LogP contribution in [-0.4, -0.2) is 23.0 Å². The molecule has 0 atom stereocenters. The summed E-state index contributed by atoms with van der Waals surface area (Å²) in [5.41, 5.74) is 6.22. The maximum Gasteiger partial charge on any atom is 0.231 e. The highest BCUT2D eigenvalue weighted by Crippen LogP contribution is 2.40. The van der Waals surface area contributed by atoms with Crippen molar-refractivity contribution in [2.45, 2.75) is 44.1 Å². The topological polar surface area (TPSA) is 90.1 Å². The molecule has 0 unspecified atom stereocenters. The minimum Gasteiger partial charge on any atom is -0.497 e. The SMILES string of the molecule is COc1ccc(C2(C(=O)NCc3nccc(N)n3)CCCCC2)cc1. The number of nitrogens with two attached hydrogens (primary N) is 1. The molecule has 1 aromatic carbocycles. The summed E-state index contributed by atoms with van der Waals surface area (Å²) in [7, 11) is 1.64. The van der Waals surface area contributed by atoms with Crippen molar-refractivity contribution in [3.05, 3.63) is 47.9 Å². The number of amides is 1. The van der Waals surface area contributed by atoms with Gasteiger partial charge in [-0.1, -0.05) is 31.4 Å². The number of hydrogen-bond donors (Lipinski definition) is 2. The molecule has 0 bridgehead atoms. The number of anilines is 1. The molecule has 0 aliphatic heterocycles. The van der Waals surface area contributed by atoms with Crippen molar-refractivity contribution in [1.82, 2.24) is 15.3 Å². The Hall–Kier alpha value is -2.63. The van der Waals surface area contributed by atoms with E-state index in [1.54, 1.807) is 19.4 Å². The first kappa shape index (κ1) is 17.2. The highest BCUT2D eigenvalue weighted by atomic mass is 16.5. The van der Waals surface area contributed by atoms with E-state index in [9.17, 15) is 4.79 Å². The summed E-state index contributed by atoms with van der Waals surface area (Å²) in [6, 6.07) is 9.47. The van der Waals surface area contributed by atoms with Gasteiger partial charge in [0.05, 0.1) is 19.1 Å². The second-order valence-electron chi connectivity index (χ2n) is 6.45. The van der Waals surface area contributed by atoms with Crippen molar-refractivity contribution in [1.29, 1.82) is 0 Å². The molecular weight excluding hydrogens is 316 g/mol. The third-order valence-electron chi connectivity index (χ3n) is 4.92. The molecule has 6 nitrogen and oxygen atoms in total. The number of nitrogens with one attached hydrogen (secondary N) is 1. The maximum absolute atomic E-state index is 13.1. The maximum atomic E-state index is 13.1. The standard InChI is InChI=1S/C19H24N4O2/c1-25-15-7-5-14(6-8-15)19(10-3-2-4-11-19)18(24)22-13-17-21-12-9-16(20)23-17/h5-9,12H,2-4,10-11,13H2,1H3,(H,22,24)(H2,20,21,23). The van der Waals surface area contributed by atoms with Crippen LogP contribution >= 0.6 is 0 Å². The Balaban J connectivity index is 1.80. The summed E-state index contributed by atoms with van der Waals surface area (Å²) < 4.78 is 5.24. The van der Waals surface area contributed by atoms with Gasteiger partial charge in [0, 0.05) is 6.20 Å². The zero-order valence-electron chi connectivity index (χ0n) is 14.5. The van der Waals surface area contributed by atoms with Crippen LogP contribution in [-0.2, 0) is 16.8 Å². The first-order valence-corrected chi connectivity index (χ1v) is 8.64. The van der Waals surface area contributed by atoms with Gasteiger partial charge in [-0.3, -0.25) is 4.79 Å². The second kappa shape index (κ2) is 7.51. The van der Waals surface area contributed by atoms with Gasteiger partial charge in [-0.25, -0.2) is 9.97 Å². The van der Waals surface area contributed by atoms with E-state index in [1.807, 2.05) is 24.3 Å². The van der Waals surface area contributed by atoms with Gasteiger partial charge in [-0.2, -0.15) is 0 Å². The quantitative estimate of drug-likeness (QED) is 0.873. The minimum absolute atomic E-state index is 0.0309. The Labute approximate surface area is 147 Å². The third-order valence-corrected chi connectivity index (χ3v) is 4.92. The average molecular weight is 340 g/mol. The van der Waals surface area contributed by atoms with E-state index in [0.717, 1.165) is 37.0 Å². The Morgan fingerprint density at radius 2 is 1.92 bits per heavy atom. The lowest BCUT2D eigenvalue weighted by Crippen LogP contribution is -2.45. The number of nitrogens with zero attached hydrogens (tertiary/aromatic N) is 2. The predicted octanol–water partition coefficient (Wildman–Crippen LogP) is 2.59. The molecule has 0 saturated heterocycles. The third kappa shape index (κ3) is 3.73. The van der Waals surface area contributed by atoms with E-state index in [0.29, 0.717) is 11.6 Å². The summed E-state index contributed by atoms with van der Waals surface area (Å²) in [5.74, 6) is 1.75. The Morgan fingerprint density at radius 1 is 1.20 bits per heavy atom. The second-order valence-corrected chi connectivity index (χ2v) is 6.45. The Bertz CT molecular complexity index is 724. The van der Waals surface area contributed by atoms with Crippen LogP contribution in [0.3, 0.4) is 0 Å². The minimum atomic E-state index is -0.495. The lowest BCUT2D eigenvalue weighted by Gasteiger charge is -2.36. The smallest absolute Gasteiger partial charge is 0.231 e. The van der Waals surface area contributed by atoms with Crippen LogP contribution in [0.1, 0.15) is 43.5 Å². The largest absolute Gasteiger partial charge is 0.497 e. The van der Waals surface area contributed by atoms with Crippen molar-refractivity contribution in [2.24, 2.45) is 0 Å². The molecule has 6 heteroatoms. The van der Waals surface area contributed by atoms with Crippen LogP contribution in [0.2, 0.25) is 0 Å². The molecule has 3 N–H and O–H groups in total. The number of benzene rings is 1. The lowest BCUT2D eigenvalue weighted by molar-refractivity contribution is -0.128. The first-order valence-electron chi connectivity index (χ1n) is 8.64. The van der Waals surface area contributed by atoms with Crippen molar-refractivity contribution in [2.75, 3.05) is 12.8 Å². The van der Waals surface area contributed by atoms with Crippen molar-refractivity contribution in [3.63, 3.8) is 0 Å². The molecule has 132 valence electrons. The molecular formula is C19H24N4O2. The van der Waals surface area contributed by atoms with Crippen molar-refractivity contribution < 1.29 is 9.53 Å². The number of carbonyl (C=O) groups excluding carboxylic acids is 1. The van der Waals surface area contributed by atoms with Crippen molar-refractivity contribution >= 4 is 11.7 Å². The van der Waals surface area contributed by atoms with Gasteiger partial charge in [0.2, 0.25) is 5.91 Å². The fourth-order valence-electron chi connectivity index (χ4n) is 3.54. The molecule has 1 aliphatic carbocycles. The van der Waals surface area contributed by atoms with Gasteiger partial charge < -0.3 is 15.8 Å². The molecule has 1 heterocycles. The molecule has 3 rings (SSSR count). The molecule has 2 aromatic rings. The molecule has 0 radical (unpaired) electrons. The summed E-state index contributed by atoms with van der Waals surface area (Å²) in [6.45, 7) is 0.280. The van der Waals surface area contributed by atoms with Gasteiger partial charge in [0.15, 0.2) is 0 Å². The summed E-state index contributed by atoms with van der Waals surface area (Å²) >= 11 is 0. The van der Waals surface area contributed by atoms with Gasteiger partial charge in [0.25, 0.3) is 0 Å². The summed E-state index contributed by atoms with van der Waals surface area (Å²) in [4.78, 5) is 21.4. The van der Waals surface area contributed by atoms with Crippen LogP contribution in [0.15, 0.2) is 36.5 Å². The summed E-state index contributed by atoms with van der Waals surface area (Å²) in [5, 5.41) is 3.01. The zero-order chi connectivity index (χ0) is 17.7. The highest BCUT2D eigenvalue weighted by Gasteiger charge is 2.40. The monoisotopic (exact) mass is 340 g/mol. The number of aromatic nitrogens is 2. The molecule has 1 saturated carbocycles. The van der Waals surface area contributed by atoms with E-state index < -0.39 is 5.41 Å². The van der Waals surface area contributed by atoms with Gasteiger partial charge in [0.1, 0.15) is 17.4 Å². The molecule has 1 aromatic heterocycles. The van der Waals surface area contributed by atoms with Crippen LogP contribution in [0.4, 0.5) is 5.82 Å². The van der Waals surface area contributed by atoms with Gasteiger partial charge in [-0.15, -0.1) is 0 Å². The number of ether oxygens (including phenoxy) is 1. The number of methoxy groups -OCH3 is 1. The van der Waals surface area contributed by atoms with E-state index in [-0.39, 0.29) is 12.5 Å². The average Bonchev–Trinajstić information content (AvgIpc) is 2.67. The van der Waals surface area contributed by atoms with Crippen LogP contribution in [0.5, 0.6) is 5.75 Å². The van der Waals surface area contributed by atoms with Crippen LogP contribution < -0.4 is 15.8 Å². The van der Waals surface area contributed by atoms with E-state index in [4.69, 9.17) is 10.5 Å². The molecule has 25 heavy (non-hydrogen) atoms. The van der Waals surface area contributed by atoms with Crippen LogP contribution in [0, 0.1) is 0 Å². The number of nitrogen functional groups attached to an aromatic ring is 1. The number of carbonyl (C=O) groups is 1. The van der Waals surface area contributed by atoms with Gasteiger partial charge in [-0.05, 0) is 36.6 Å². The van der Waals surface area contributed by atoms with E-state index in [1.165, 1.54) is 6.42 Å². The van der Waals surface area contributed by atoms with E-state index in [2.05, 4.69) is 15.3 Å². The molecule has 1 amide bonds. The highest BCUT2D eigenvalue weighted by molar-refractivity contribution is 5.88. The lowest BCUT2D eigenvalue weighted by atomic mass is 9.68. The molecule has 0 spiro atoms. The molecule has 1 aliphatic rings.